The average Bonchev–Trinajstić information content (AvgIpc) is 2.93. The number of rotatable bonds is 4. The molecule has 0 spiro atoms. The zero-order valence-electron chi connectivity index (χ0n) is 12.9. The van der Waals surface area contributed by atoms with Crippen molar-refractivity contribution in [3.8, 4) is 0 Å². The smallest absolute Gasteiger partial charge is 0.185 e. The van der Waals surface area contributed by atoms with Gasteiger partial charge in [-0.3, -0.25) is 0 Å². The molecule has 0 bridgehead atoms. The Labute approximate surface area is 132 Å². The number of aryl methyl sites for hydroxylation is 1. The van der Waals surface area contributed by atoms with Crippen molar-refractivity contribution in [2.75, 3.05) is 0 Å². The van der Waals surface area contributed by atoms with E-state index < -0.39 is 9.84 Å². The Kier molecular flexibility index (Phi) is 4.34. The van der Waals surface area contributed by atoms with Crippen molar-refractivity contribution in [2.24, 2.45) is 7.05 Å². The first kappa shape index (κ1) is 15.3. The summed E-state index contributed by atoms with van der Waals surface area (Å²) in [6.45, 7) is 0. The maximum Gasteiger partial charge on any atom is 0.185 e. The van der Waals surface area contributed by atoms with Crippen LogP contribution >= 0.6 is 0 Å². The fourth-order valence-electron chi connectivity index (χ4n) is 3.17. The molecule has 0 N–H and O–H groups in total. The molecule has 1 aromatic heterocycles. The second-order valence-electron chi connectivity index (χ2n) is 6.12. The van der Waals surface area contributed by atoms with Crippen molar-refractivity contribution in [3.05, 3.63) is 48.0 Å². The van der Waals surface area contributed by atoms with Crippen LogP contribution in [-0.4, -0.2) is 18.0 Å². The fourth-order valence-corrected chi connectivity index (χ4v) is 4.51. The molecule has 0 unspecified atom stereocenters. The van der Waals surface area contributed by atoms with Gasteiger partial charge in [-0.15, -0.1) is 0 Å². The van der Waals surface area contributed by atoms with E-state index in [1.54, 1.807) is 29.1 Å². The van der Waals surface area contributed by atoms with Gasteiger partial charge in [-0.25, -0.2) is 13.4 Å². The minimum atomic E-state index is -3.34. The first-order valence-corrected chi connectivity index (χ1v) is 9.50. The lowest BCUT2D eigenvalue weighted by atomic mass is 9.84. The summed E-state index contributed by atoms with van der Waals surface area (Å²) in [6, 6.07) is 7.48. The highest BCUT2D eigenvalue weighted by Gasteiger charge is 2.20. The van der Waals surface area contributed by atoms with Crippen LogP contribution in [0.4, 0.5) is 0 Å². The first-order chi connectivity index (χ1) is 10.6. The summed E-state index contributed by atoms with van der Waals surface area (Å²) in [5.74, 6) is 1.11. The molecule has 0 aliphatic heterocycles. The monoisotopic (exact) mass is 318 g/mol. The SMILES string of the molecule is Cn1ccnc1CS(=O)(=O)c1ccc(C2CCCCC2)cc1. The zero-order chi connectivity index (χ0) is 15.6. The molecule has 1 aromatic carbocycles. The molecular weight excluding hydrogens is 296 g/mol. The van der Waals surface area contributed by atoms with E-state index >= 15 is 0 Å². The summed E-state index contributed by atoms with van der Waals surface area (Å²) < 4.78 is 26.7. The van der Waals surface area contributed by atoms with Crippen molar-refractivity contribution < 1.29 is 8.42 Å². The predicted molar refractivity (Wildman–Crippen MR) is 86.4 cm³/mol. The Morgan fingerprint density at radius 3 is 2.41 bits per heavy atom. The van der Waals surface area contributed by atoms with Crippen LogP contribution in [0.15, 0.2) is 41.6 Å². The molecule has 1 aliphatic carbocycles. The molecule has 4 nitrogen and oxygen atoms in total. The zero-order valence-corrected chi connectivity index (χ0v) is 13.7. The summed E-state index contributed by atoms with van der Waals surface area (Å²) in [7, 11) is -1.53. The highest BCUT2D eigenvalue weighted by Crippen LogP contribution is 2.33. The van der Waals surface area contributed by atoms with Crippen LogP contribution in [0.1, 0.15) is 49.4 Å². The molecule has 2 aromatic rings. The van der Waals surface area contributed by atoms with Crippen LogP contribution in [0.25, 0.3) is 0 Å². The van der Waals surface area contributed by atoms with E-state index in [0.717, 1.165) is 0 Å². The van der Waals surface area contributed by atoms with Crippen molar-refractivity contribution >= 4 is 9.84 Å². The molecule has 1 heterocycles. The van der Waals surface area contributed by atoms with Crippen LogP contribution < -0.4 is 0 Å². The third-order valence-corrected chi connectivity index (χ3v) is 6.18. The van der Waals surface area contributed by atoms with Crippen molar-refractivity contribution in [3.63, 3.8) is 0 Å². The third kappa shape index (κ3) is 3.24. The third-order valence-electron chi connectivity index (χ3n) is 4.56. The first-order valence-electron chi connectivity index (χ1n) is 7.85. The maximum absolute atomic E-state index is 12.5. The molecule has 0 saturated heterocycles. The minimum absolute atomic E-state index is 0.0563. The lowest BCUT2D eigenvalue weighted by Gasteiger charge is -2.22. The van der Waals surface area contributed by atoms with E-state index in [4.69, 9.17) is 0 Å². The van der Waals surface area contributed by atoms with Gasteiger partial charge in [0.2, 0.25) is 0 Å². The number of nitrogens with zero attached hydrogens (tertiary/aromatic N) is 2. The molecule has 5 heteroatoms. The van der Waals surface area contributed by atoms with E-state index in [1.165, 1.54) is 37.7 Å². The van der Waals surface area contributed by atoms with Gasteiger partial charge in [0.1, 0.15) is 11.6 Å². The second kappa shape index (κ2) is 6.24. The lowest BCUT2D eigenvalue weighted by Crippen LogP contribution is -2.10. The van der Waals surface area contributed by atoms with Gasteiger partial charge in [-0.2, -0.15) is 0 Å². The van der Waals surface area contributed by atoms with E-state index in [1.807, 2.05) is 19.2 Å². The topological polar surface area (TPSA) is 52.0 Å². The predicted octanol–water partition coefficient (Wildman–Crippen LogP) is 3.44. The van der Waals surface area contributed by atoms with Crippen LogP contribution in [0.2, 0.25) is 0 Å². The number of imidazole rings is 1. The lowest BCUT2D eigenvalue weighted by molar-refractivity contribution is 0.443. The van der Waals surface area contributed by atoms with Gasteiger partial charge in [-0.05, 0) is 36.5 Å². The van der Waals surface area contributed by atoms with Gasteiger partial charge < -0.3 is 4.57 Å². The van der Waals surface area contributed by atoms with Crippen LogP contribution in [0.5, 0.6) is 0 Å². The summed E-state index contributed by atoms with van der Waals surface area (Å²) in [5.41, 5.74) is 1.27. The summed E-state index contributed by atoms with van der Waals surface area (Å²) in [4.78, 5) is 4.49. The Bertz CT molecular complexity index is 726. The van der Waals surface area contributed by atoms with Gasteiger partial charge in [-0.1, -0.05) is 31.4 Å². The second-order valence-corrected chi connectivity index (χ2v) is 8.11. The highest BCUT2D eigenvalue weighted by molar-refractivity contribution is 7.90. The minimum Gasteiger partial charge on any atom is -0.337 e. The number of sulfone groups is 1. The Hall–Kier alpha value is -1.62. The summed E-state index contributed by atoms with van der Waals surface area (Å²) in [5, 5.41) is 0. The van der Waals surface area contributed by atoms with E-state index in [0.29, 0.717) is 16.6 Å². The van der Waals surface area contributed by atoms with Crippen LogP contribution in [-0.2, 0) is 22.6 Å². The van der Waals surface area contributed by atoms with Gasteiger partial charge in [0, 0.05) is 19.4 Å². The van der Waals surface area contributed by atoms with Crippen LogP contribution in [0, 0.1) is 0 Å². The molecule has 0 radical (unpaired) electrons. The summed E-state index contributed by atoms with van der Waals surface area (Å²) in [6.07, 6.45) is 9.72. The maximum atomic E-state index is 12.5. The van der Waals surface area contributed by atoms with Crippen molar-refractivity contribution in [2.45, 2.75) is 48.7 Å². The number of hydrogen-bond acceptors (Lipinski definition) is 3. The molecule has 1 fully saturated rings. The molecule has 118 valence electrons. The largest absolute Gasteiger partial charge is 0.337 e. The summed E-state index contributed by atoms with van der Waals surface area (Å²) >= 11 is 0. The normalized spacial score (nSPS) is 16.8. The fraction of sp³-hybridized carbons (Fsp3) is 0.471. The van der Waals surface area contributed by atoms with Gasteiger partial charge in [0.15, 0.2) is 9.84 Å². The van der Waals surface area contributed by atoms with Crippen molar-refractivity contribution in [1.29, 1.82) is 0 Å². The number of aromatic nitrogens is 2. The quantitative estimate of drug-likeness (QED) is 0.867. The van der Waals surface area contributed by atoms with Gasteiger partial charge >= 0.3 is 0 Å². The average molecular weight is 318 g/mol. The molecule has 0 atom stereocenters. The molecule has 3 rings (SSSR count). The Morgan fingerprint density at radius 1 is 1.14 bits per heavy atom. The Balaban J connectivity index is 1.78. The van der Waals surface area contributed by atoms with E-state index in [2.05, 4.69) is 4.98 Å². The van der Waals surface area contributed by atoms with E-state index in [-0.39, 0.29) is 5.75 Å². The van der Waals surface area contributed by atoms with Crippen LogP contribution in [0.3, 0.4) is 0 Å². The van der Waals surface area contributed by atoms with Crippen molar-refractivity contribution in [1.82, 2.24) is 9.55 Å². The highest BCUT2D eigenvalue weighted by atomic mass is 32.2. The molecular formula is C17H22N2O2S. The number of benzene rings is 1. The van der Waals surface area contributed by atoms with E-state index in [9.17, 15) is 8.42 Å². The van der Waals surface area contributed by atoms with Gasteiger partial charge in [0.25, 0.3) is 0 Å². The molecule has 0 amide bonds. The standard InChI is InChI=1S/C17H22N2O2S/c1-19-12-11-18-17(19)13-22(20,21)16-9-7-15(8-10-16)14-5-3-2-4-6-14/h7-12,14H,2-6,13H2,1H3. The molecule has 1 aliphatic rings. The Morgan fingerprint density at radius 2 is 1.82 bits per heavy atom. The number of hydrogen-bond donors (Lipinski definition) is 0. The van der Waals surface area contributed by atoms with Gasteiger partial charge in [0.05, 0.1) is 4.90 Å². The molecule has 22 heavy (non-hydrogen) atoms. The molecule has 1 saturated carbocycles.